The van der Waals surface area contributed by atoms with E-state index in [-0.39, 0.29) is 12.6 Å². The third-order valence-corrected chi connectivity index (χ3v) is 2.61. The Morgan fingerprint density at radius 2 is 1.94 bits per heavy atom. The van der Waals surface area contributed by atoms with Gasteiger partial charge in [-0.15, -0.1) is 0 Å². The number of aldehydes is 1. The average Bonchev–Trinajstić information content (AvgIpc) is 2.35. The summed E-state index contributed by atoms with van der Waals surface area (Å²) in [5.41, 5.74) is 0.672. The zero-order valence-corrected chi connectivity index (χ0v) is 10.1. The second kappa shape index (κ2) is 5.43. The summed E-state index contributed by atoms with van der Waals surface area (Å²) in [5.74, 6) is -0.309. The molecule has 0 heterocycles. The van der Waals surface area contributed by atoms with Gasteiger partial charge >= 0.3 is 5.97 Å². The first-order valence-electron chi connectivity index (χ1n) is 5.36. The van der Waals surface area contributed by atoms with E-state index in [0.29, 0.717) is 5.56 Å². The fourth-order valence-corrected chi connectivity index (χ4v) is 1.41. The first kappa shape index (κ1) is 13.2. The van der Waals surface area contributed by atoms with Crippen LogP contribution >= 0.6 is 0 Å². The SMILES string of the molecule is C=CCOC(=O)C(C)(C)c1ccc(C=O)cc1. The third kappa shape index (κ3) is 3.03. The lowest BCUT2D eigenvalue weighted by atomic mass is 9.84. The molecular formula is C14H16O3. The second-order valence-electron chi connectivity index (χ2n) is 4.25. The number of hydrogen-bond acceptors (Lipinski definition) is 3. The van der Waals surface area contributed by atoms with Crippen molar-refractivity contribution in [2.45, 2.75) is 19.3 Å². The summed E-state index contributed by atoms with van der Waals surface area (Å²) in [6.07, 6.45) is 2.30. The first-order chi connectivity index (χ1) is 8.02. The number of hydrogen-bond donors (Lipinski definition) is 0. The van der Waals surface area contributed by atoms with Crippen LogP contribution in [0.25, 0.3) is 0 Å². The first-order valence-corrected chi connectivity index (χ1v) is 5.36. The second-order valence-corrected chi connectivity index (χ2v) is 4.25. The molecule has 1 aromatic rings. The molecule has 0 atom stereocenters. The number of carbonyl (C=O) groups excluding carboxylic acids is 2. The Labute approximate surface area is 101 Å². The Balaban J connectivity index is 2.90. The maximum atomic E-state index is 11.8. The van der Waals surface area contributed by atoms with Gasteiger partial charge in [0.1, 0.15) is 12.9 Å². The monoisotopic (exact) mass is 232 g/mol. The molecule has 3 nitrogen and oxygen atoms in total. The van der Waals surface area contributed by atoms with E-state index in [0.717, 1.165) is 11.8 Å². The Hall–Kier alpha value is -1.90. The summed E-state index contributed by atoms with van der Waals surface area (Å²) in [5, 5.41) is 0. The largest absolute Gasteiger partial charge is 0.461 e. The molecule has 0 amide bonds. The van der Waals surface area contributed by atoms with E-state index in [1.807, 2.05) is 0 Å². The van der Waals surface area contributed by atoms with Gasteiger partial charge in [0, 0.05) is 5.56 Å². The minimum atomic E-state index is -0.732. The topological polar surface area (TPSA) is 43.4 Å². The van der Waals surface area contributed by atoms with E-state index in [9.17, 15) is 9.59 Å². The summed E-state index contributed by atoms with van der Waals surface area (Å²) in [6, 6.07) is 6.90. The van der Waals surface area contributed by atoms with Crippen molar-refractivity contribution in [2.24, 2.45) is 0 Å². The van der Waals surface area contributed by atoms with Crippen molar-refractivity contribution in [1.29, 1.82) is 0 Å². The molecule has 0 spiro atoms. The highest BCUT2D eigenvalue weighted by atomic mass is 16.5. The van der Waals surface area contributed by atoms with Gasteiger partial charge in [0.15, 0.2) is 0 Å². The van der Waals surface area contributed by atoms with Crippen LogP contribution in [0.4, 0.5) is 0 Å². The van der Waals surface area contributed by atoms with Crippen LogP contribution in [0.2, 0.25) is 0 Å². The normalized spacial score (nSPS) is 10.7. The minimum absolute atomic E-state index is 0.203. The average molecular weight is 232 g/mol. The van der Waals surface area contributed by atoms with Crippen LogP contribution in [0.1, 0.15) is 29.8 Å². The Morgan fingerprint density at radius 1 is 1.35 bits per heavy atom. The summed E-state index contributed by atoms with van der Waals surface area (Å²) >= 11 is 0. The van der Waals surface area contributed by atoms with Crippen LogP contribution in [0, 0.1) is 0 Å². The van der Waals surface area contributed by atoms with Gasteiger partial charge in [0.05, 0.1) is 5.41 Å². The maximum absolute atomic E-state index is 11.8. The number of rotatable bonds is 5. The zero-order valence-electron chi connectivity index (χ0n) is 10.1. The van der Waals surface area contributed by atoms with Gasteiger partial charge in [-0.25, -0.2) is 0 Å². The summed E-state index contributed by atoms with van der Waals surface area (Å²) < 4.78 is 5.04. The molecule has 0 saturated carbocycles. The third-order valence-electron chi connectivity index (χ3n) is 2.61. The van der Waals surface area contributed by atoms with Gasteiger partial charge in [-0.2, -0.15) is 0 Å². The van der Waals surface area contributed by atoms with Gasteiger partial charge in [-0.1, -0.05) is 36.9 Å². The Bertz CT molecular complexity index is 416. The van der Waals surface area contributed by atoms with Crippen molar-refractivity contribution in [3.05, 3.63) is 48.0 Å². The highest BCUT2D eigenvalue weighted by Crippen LogP contribution is 2.24. The lowest BCUT2D eigenvalue weighted by molar-refractivity contribution is -0.148. The van der Waals surface area contributed by atoms with Gasteiger partial charge in [0.2, 0.25) is 0 Å². The molecule has 3 heteroatoms. The molecule has 0 saturated heterocycles. The molecule has 1 aromatic carbocycles. The molecule has 0 radical (unpaired) electrons. The number of carbonyl (C=O) groups is 2. The quantitative estimate of drug-likeness (QED) is 0.445. The molecule has 1 rings (SSSR count). The minimum Gasteiger partial charge on any atom is -0.461 e. The molecule has 0 fully saturated rings. The van der Waals surface area contributed by atoms with Crippen LogP contribution in [0.15, 0.2) is 36.9 Å². The van der Waals surface area contributed by atoms with Gasteiger partial charge < -0.3 is 4.74 Å². The summed E-state index contributed by atoms with van der Waals surface area (Å²) in [7, 11) is 0. The van der Waals surface area contributed by atoms with Gasteiger partial charge in [0.25, 0.3) is 0 Å². The van der Waals surface area contributed by atoms with E-state index in [1.165, 1.54) is 6.08 Å². The Morgan fingerprint density at radius 3 is 2.41 bits per heavy atom. The number of benzene rings is 1. The van der Waals surface area contributed by atoms with E-state index in [2.05, 4.69) is 6.58 Å². The fraction of sp³-hybridized carbons (Fsp3) is 0.286. The highest BCUT2D eigenvalue weighted by molar-refractivity contribution is 5.83. The van der Waals surface area contributed by atoms with E-state index < -0.39 is 5.41 Å². The van der Waals surface area contributed by atoms with Gasteiger partial charge in [-0.3, -0.25) is 9.59 Å². The fourth-order valence-electron chi connectivity index (χ4n) is 1.41. The lowest BCUT2D eigenvalue weighted by Crippen LogP contribution is -2.31. The van der Waals surface area contributed by atoms with Crippen molar-refractivity contribution in [3.63, 3.8) is 0 Å². The predicted octanol–water partition coefficient (Wildman–Crippen LogP) is 2.51. The van der Waals surface area contributed by atoms with Crippen molar-refractivity contribution in [3.8, 4) is 0 Å². The highest BCUT2D eigenvalue weighted by Gasteiger charge is 2.31. The Kier molecular flexibility index (Phi) is 4.21. The molecule has 0 unspecified atom stereocenters. The molecule has 17 heavy (non-hydrogen) atoms. The lowest BCUT2D eigenvalue weighted by Gasteiger charge is -2.22. The van der Waals surface area contributed by atoms with Crippen molar-refractivity contribution < 1.29 is 14.3 Å². The van der Waals surface area contributed by atoms with Crippen LogP contribution < -0.4 is 0 Å². The van der Waals surface area contributed by atoms with Crippen LogP contribution in [-0.2, 0) is 14.9 Å². The molecule has 0 N–H and O–H groups in total. The predicted molar refractivity (Wildman–Crippen MR) is 66.0 cm³/mol. The zero-order chi connectivity index (χ0) is 12.9. The molecule has 0 bridgehead atoms. The molecule has 0 aliphatic carbocycles. The molecule has 0 aromatic heterocycles. The van der Waals surface area contributed by atoms with Crippen molar-refractivity contribution in [1.82, 2.24) is 0 Å². The molecular weight excluding hydrogens is 216 g/mol. The van der Waals surface area contributed by atoms with Crippen molar-refractivity contribution >= 4 is 12.3 Å². The maximum Gasteiger partial charge on any atom is 0.316 e. The van der Waals surface area contributed by atoms with E-state index in [1.54, 1.807) is 38.1 Å². The molecule has 0 aliphatic rings. The van der Waals surface area contributed by atoms with E-state index in [4.69, 9.17) is 4.74 Å². The summed E-state index contributed by atoms with van der Waals surface area (Å²) in [6.45, 7) is 7.27. The molecule has 0 aliphatic heterocycles. The van der Waals surface area contributed by atoms with E-state index >= 15 is 0 Å². The van der Waals surface area contributed by atoms with Gasteiger partial charge in [-0.05, 0) is 19.4 Å². The smallest absolute Gasteiger partial charge is 0.316 e. The van der Waals surface area contributed by atoms with Crippen LogP contribution in [0.5, 0.6) is 0 Å². The number of esters is 1. The van der Waals surface area contributed by atoms with Crippen LogP contribution in [-0.4, -0.2) is 18.9 Å². The van der Waals surface area contributed by atoms with Crippen molar-refractivity contribution in [2.75, 3.05) is 6.61 Å². The summed E-state index contributed by atoms with van der Waals surface area (Å²) in [4.78, 5) is 22.4. The molecule has 90 valence electrons. The van der Waals surface area contributed by atoms with Crippen LogP contribution in [0.3, 0.4) is 0 Å². The standard InChI is InChI=1S/C14H16O3/c1-4-9-17-13(16)14(2,3)12-7-5-11(10-15)6-8-12/h4-8,10H,1,9H2,2-3H3. The number of ether oxygens (including phenoxy) is 1.